The van der Waals surface area contributed by atoms with Crippen LogP contribution in [0.3, 0.4) is 0 Å². The highest BCUT2D eigenvalue weighted by atomic mass is 16.6. The molecule has 2 unspecified atom stereocenters. The number of ether oxygens (including phenoxy) is 2. The molecule has 102 valence electrons. The third kappa shape index (κ3) is 3.41. The number of nitrogen functional groups attached to an aromatic ring is 2. The van der Waals surface area contributed by atoms with Gasteiger partial charge in [0, 0.05) is 12.8 Å². The second kappa shape index (κ2) is 6.32. The standard InChI is InChI=1S/C12H20N2O4/c1-3-9(15)17-8-6-5-7(13)12(11(8)14)18-10(16)4-2/h5-6,9-10,15-16H,3-4,13-14H2,1-2H3. The zero-order chi connectivity index (χ0) is 13.7. The minimum Gasteiger partial charge on any atom is -0.463 e. The Balaban J connectivity index is 2.99. The highest BCUT2D eigenvalue weighted by Crippen LogP contribution is 2.38. The van der Waals surface area contributed by atoms with Gasteiger partial charge in [-0.05, 0) is 12.1 Å². The van der Waals surface area contributed by atoms with Gasteiger partial charge in [0.1, 0.15) is 11.4 Å². The lowest BCUT2D eigenvalue weighted by Gasteiger charge is -2.19. The second-order valence-corrected chi connectivity index (χ2v) is 3.86. The third-order valence-corrected chi connectivity index (χ3v) is 2.40. The van der Waals surface area contributed by atoms with Crippen LogP contribution in [0.4, 0.5) is 11.4 Å². The van der Waals surface area contributed by atoms with E-state index in [0.29, 0.717) is 18.5 Å². The molecule has 6 nitrogen and oxygen atoms in total. The molecule has 0 amide bonds. The molecule has 1 aromatic carbocycles. The van der Waals surface area contributed by atoms with E-state index < -0.39 is 12.6 Å². The van der Waals surface area contributed by atoms with E-state index >= 15 is 0 Å². The van der Waals surface area contributed by atoms with Gasteiger partial charge in [0.2, 0.25) is 0 Å². The van der Waals surface area contributed by atoms with Gasteiger partial charge in [0.25, 0.3) is 0 Å². The van der Waals surface area contributed by atoms with Gasteiger partial charge in [0.05, 0.1) is 5.69 Å². The molecule has 0 saturated heterocycles. The fraction of sp³-hybridized carbons (Fsp3) is 0.500. The molecule has 1 rings (SSSR count). The van der Waals surface area contributed by atoms with Crippen LogP contribution in [0, 0.1) is 0 Å². The van der Waals surface area contributed by atoms with Crippen LogP contribution >= 0.6 is 0 Å². The van der Waals surface area contributed by atoms with Crippen molar-refractivity contribution >= 4 is 11.4 Å². The van der Waals surface area contributed by atoms with Gasteiger partial charge in [-0.15, -0.1) is 0 Å². The smallest absolute Gasteiger partial charge is 0.197 e. The molecule has 0 aliphatic heterocycles. The van der Waals surface area contributed by atoms with Gasteiger partial charge in [-0.1, -0.05) is 13.8 Å². The summed E-state index contributed by atoms with van der Waals surface area (Å²) in [4.78, 5) is 0. The Morgan fingerprint density at radius 2 is 1.61 bits per heavy atom. The van der Waals surface area contributed by atoms with Crippen LogP contribution in [0.1, 0.15) is 26.7 Å². The topological polar surface area (TPSA) is 111 Å². The lowest BCUT2D eigenvalue weighted by molar-refractivity contribution is -0.0225. The minimum atomic E-state index is -0.985. The van der Waals surface area contributed by atoms with Gasteiger partial charge in [-0.25, -0.2) is 0 Å². The van der Waals surface area contributed by atoms with E-state index in [1.165, 1.54) is 0 Å². The molecule has 0 saturated carbocycles. The van der Waals surface area contributed by atoms with Crippen LogP contribution in [-0.2, 0) is 0 Å². The second-order valence-electron chi connectivity index (χ2n) is 3.86. The molecule has 0 fully saturated rings. The van der Waals surface area contributed by atoms with Crippen molar-refractivity contribution in [2.75, 3.05) is 11.5 Å². The zero-order valence-electron chi connectivity index (χ0n) is 10.6. The Bertz CT molecular complexity index is 398. The van der Waals surface area contributed by atoms with E-state index in [4.69, 9.17) is 20.9 Å². The number of aliphatic hydroxyl groups excluding tert-OH is 2. The van der Waals surface area contributed by atoms with Gasteiger partial charge >= 0.3 is 0 Å². The molecular formula is C12H20N2O4. The van der Waals surface area contributed by atoms with E-state index in [-0.39, 0.29) is 17.2 Å². The van der Waals surface area contributed by atoms with E-state index in [9.17, 15) is 10.2 Å². The summed E-state index contributed by atoms with van der Waals surface area (Å²) in [7, 11) is 0. The van der Waals surface area contributed by atoms with Crippen LogP contribution in [0.25, 0.3) is 0 Å². The van der Waals surface area contributed by atoms with Gasteiger partial charge in [-0.3, -0.25) is 0 Å². The van der Waals surface area contributed by atoms with Crippen LogP contribution in [-0.4, -0.2) is 22.8 Å². The first kappa shape index (κ1) is 14.4. The zero-order valence-corrected chi connectivity index (χ0v) is 10.6. The lowest BCUT2D eigenvalue weighted by atomic mass is 10.2. The molecule has 0 bridgehead atoms. The summed E-state index contributed by atoms with van der Waals surface area (Å²) in [6.07, 6.45) is -1.10. The number of aliphatic hydroxyl groups is 2. The molecule has 0 aliphatic rings. The summed E-state index contributed by atoms with van der Waals surface area (Å²) >= 11 is 0. The lowest BCUT2D eigenvalue weighted by Crippen LogP contribution is -2.18. The quantitative estimate of drug-likeness (QED) is 0.447. The maximum Gasteiger partial charge on any atom is 0.197 e. The number of benzene rings is 1. The van der Waals surface area contributed by atoms with Crippen molar-refractivity contribution in [2.24, 2.45) is 0 Å². The average Bonchev–Trinajstić information content (AvgIpc) is 2.37. The van der Waals surface area contributed by atoms with Crippen molar-refractivity contribution in [3.8, 4) is 11.5 Å². The van der Waals surface area contributed by atoms with Crippen LogP contribution < -0.4 is 20.9 Å². The van der Waals surface area contributed by atoms with Crippen molar-refractivity contribution < 1.29 is 19.7 Å². The number of anilines is 2. The Hall–Kier alpha value is -1.66. The highest BCUT2D eigenvalue weighted by molar-refractivity contribution is 5.73. The van der Waals surface area contributed by atoms with E-state index in [1.54, 1.807) is 26.0 Å². The molecule has 0 heterocycles. The molecule has 18 heavy (non-hydrogen) atoms. The molecular weight excluding hydrogens is 236 g/mol. The Kier molecular flexibility index (Phi) is 5.06. The number of hydrogen-bond acceptors (Lipinski definition) is 6. The molecule has 6 heteroatoms. The normalized spacial score (nSPS) is 14.0. The van der Waals surface area contributed by atoms with Crippen molar-refractivity contribution in [1.29, 1.82) is 0 Å². The van der Waals surface area contributed by atoms with Gasteiger partial charge in [0.15, 0.2) is 18.3 Å². The van der Waals surface area contributed by atoms with Crippen molar-refractivity contribution in [2.45, 2.75) is 39.3 Å². The Morgan fingerprint density at radius 3 is 2.17 bits per heavy atom. The fourth-order valence-electron chi connectivity index (χ4n) is 1.28. The maximum absolute atomic E-state index is 9.46. The van der Waals surface area contributed by atoms with E-state index in [1.807, 2.05) is 0 Å². The first-order chi connectivity index (χ1) is 8.49. The van der Waals surface area contributed by atoms with Crippen LogP contribution in [0.15, 0.2) is 12.1 Å². The Morgan fingerprint density at radius 1 is 1.06 bits per heavy atom. The van der Waals surface area contributed by atoms with Crippen LogP contribution in [0.5, 0.6) is 11.5 Å². The summed E-state index contributed by atoms with van der Waals surface area (Å²) < 4.78 is 10.4. The molecule has 6 N–H and O–H groups in total. The van der Waals surface area contributed by atoms with Crippen molar-refractivity contribution in [3.63, 3.8) is 0 Å². The summed E-state index contributed by atoms with van der Waals surface area (Å²) in [6.45, 7) is 3.54. The summed E-state index contributed by atoms with van der Waals surface area (Å²) in [5.41, 5.74) is 12.0. The average molecular weight is 256 g/mol. The number of hydrogen-bond donors (Lipinski definition) is 4. The first-order valence-corrected chi connectivity index (χ1v) is 5.86. The third-order valence-electron chi connectivity index (χ3n) is 2.40. The first-order valence-electron chi connectivity index (χ1n) is 5.86. The van der Waals surface area contributed by atoms with E-state index in [0.717, 1.165) is 0 Å². The maximum atomic E-state index is 9.46. The number of nitrogens with two attached hydrogens (primary N) is 2. The monoisotopic (exact) mass is 256 g/mol. The van der Waals surface area contributed by atoms with Gasteiger partial charge < -0.3 is 31.2 Å². The predicted molar refractivity (Wildman–Crippen MR) is 69.1 cm³/mol. The largest absolute Gasteiger partial charge is 0.463 e. The molecule has 0 radical (unpaired) electrons. The predicted octanol–water partition coefficient (Wildman–Crippen LogP) is 1.07. The van der Waals surface area contributed by atoms with Gasteiger partial charge in [-0.2, -0.15) is 0 Å². The summed E-state index contributed by atoms with van der Waals surface area (Å²) in [6, 6.07) is 3.10. The molecule has 0 spiro atoms. The van der Waals surface area contributed by atoms with Crippen LogP contribution in [0.2, 0.25) is 0 Å². The minimum absolute atomic E-state index is 0.162. The summed E-state index contributed by atoms with van der Waals surface area (Å²) in [5, 5.41) is 18.9. The highest BCUT2D eigenvalue weighted by Gasteiger charge is 2.16. The van der Waals surface area contributed by atoms with Crippen molar-refractivity contribution in [1.82, 2.24) is 0 Å². The van der Waals surface area contributed by atoms with Crippen molar-refractivity contribution in [3.05, 3.63) is 12.1 Å². The number of rotatable bonds is 6. The SMILES string of the molecule is CCC(O)Oc1ccc(N)c(OC(O)CC)c1N. The molecule has 2 atom stereocenters. The Labute approximate surface area is 106 Å². The molecule has 0 aliphatic carbocycles. The fourth-order valence-corrected chi connectivity index (χ4v) is 1.28. The summed E-state index contributed by atoms with van der Waals surface area (Å²) in [5.74, 6) is 0.446. The van der Waals surface area contributed by atoms with E-state index in [2.05, 4.69) is 0 Å². The molecule has 0 aromatic heterocycles. The molecule has 1 aromatic rings.